The number of fused-ring (bicyclic) bond motifs is 1. The monoisotopic (exact) mass is 481 g/mol. The first-order valence-electron chi connectivity index (χ1n) is 10.5. The van der Waals surface area contributed by atoms with Gasteiger partial charge in [0.05, 0.1) is 17.1 Å². The van der Waals surface area contributed by atoms with Crippen molar-refractivity contribution in [1.82, 2.24) is 14.9 Å². The number of nitrogens with zero attached hydrogens (tertiary/aromatic N) is 2. The van der Waals surface area contributed by atoms with Crippen LogP contribution in [0.1, 0.15) is 23.0 Å². The summed E-state index contributed by atoms with van der Waals surface area (Å²) in [7, 11) is -3.32. The van der Waals surface area contributed by atoms with Crippen LogP contribution in [0.2, 0.25) is 5.02 Å². The van der Waals surface area contributed by atoms with Crippen LogP contribution in [-0.2, 0) is 33.4 Å². The lowest BCUT2D eigenvalue weighted by Crippen LogP contribution is -2.33. The molecule has 3 aromatic carbocycles. The SMILES string of the molecule is CS(=O)(=O)Cc1nc2ccccc2n1CC(=O)NC(Cc1ccccc1Cl)c1ccccc1. The van der Waals surface area contributed by atoms with E-state index in [1.54, 1.807) is 10.6 Å². The van der Waals surface area contributed by atoms with Crippen LogP contribution in [0, 0.1) is 0 Å². The van der Waals surface area contributed by atoms with Crippen molar-refractivity contribution in [2.75, 3.05) is 6.26 Å². The number of carbonyl (C=O) groups is 1. The molecule has 0 aliphatic heterocycles. The summed E-state index contributed by atoms with van der Waals surface area (Å²) < 4.78 is 25.6. The Morgan fingerprint density at radius 1 is 1.00 bits per heavy atom. The van der Waals surface area contributed by atoms with Gasteiger partial charge in [-0.15, -0.1) is 0 Å². The van der Waals surface area contributed by atoms with Crippen LogP contribution in [0.15, 0.2) is 78.9 Å². The van der Waals surface area contributed by atoms with E-state index in [0.717, 1.165) is 17.4 Å². The van der Waals surface area contributed by atoms with Crippen LogP contribution in [0.25, 0.3) is 11.0 Å². The normalized spacial score (nSPS) is 12.5. The maximum absolute atomic E-state index is 13.2. The van der Waals surface area contributed by atoms with Crippen LogP contribution in [0.5, 0.6) is 0 Å². The predicted octanol–water partition coefficient (Wildman–Crippen LogP) is 4.33. The van der Waals surface area contributed by atoms with Gasteiger partial charge in [0.1, 0.15) is 18.1 Å². The van der Waals surface area contributed by atoms with Crippen LogP contribution < -0.4 is 5.32 Å². The fourth-order valence-corrected chi connectivity index (χ4v) is 4.75. The van der Waals surface area contributed by atoms with E-state index in [2.05, 4.69) is 10.3 Å². The van der Waals surface area contributed by atoms with Gasteiger partial charge in [-0.1, -0.05) is 72.3 Å². The molecule has 6 nitrogen and oxygen atoms in total. The molecule has 4 aromatic rings. The minimum Gasteiger partial charge on any atom is -0.347 e. The number of imidazole rings is 1. The standard InChI is InChI=1S/C25H24ClN3O3S/c1-33(31,32)17-24-27-21-13-7-8-14-23(21)29(24)16-25(30)28-22(18-9-3-2-4-10-18)15-19-11-5-6-12-20(19)26/h2-14,22H,15-17H2,1H3,(H,28,30). The van der Waals surface area contributed by atoms with Gasteiger partial charge in [-0.25, -0.2) is 13.4 Å². The van der Waals surface area contributed by atoms with Gasteiger partial charge in [0, 0.05) is 11.3 Å². The van der Waals surface area contributed by atoms with E-state index in [1.807, 2.05) is 72.8 Å². The largest absolute Gasteiger partial charge is 0.347 e. The predicted molar refractivity (Wildman–Crippen MR) is 131 cm³/mol. The highest BCUT2D eigenvalue weighted by Crippen LogP contribution is 2.24. The summed E-state index contributed by atoms with van der Waals surface area (Å²) in [5.74, 6) is -0.138. The summed E-state index contributed by atoms with van der Waals surface area (Å²) in [5, 5.41) is 3.75. The van der Waals surface area contributed by atoms with E-state index in [4.69, 9.17) is 11.6 Å². The Hall–Kier alpha value is -3.16. The van der Waals surface area contributed by atoms with Crippen LogP contribution in [0.4, 0.5) is 0 Å². The fourth-order valence-electron chi connectivity index (χ4n) is 3.85. The summed E-state index contributed by atoms with van der Waals surface area (Å²) in [4.78, 5) is 17.6. The summed E-state index contributed by atoms with van der Waals surface area (Å²) in [5.41, 5.74) is 3.25. The topological polar surface area (TPSA) is 81.1 Å². The zero-order valence-electron chi connectivity index (χ0n) is 18.1. The molecular weight excluding hydrogens is 458 g/mol. The average molecular weight is 482 g/mol. The number of sulfone groups is 1. The number of hydrogen-bond acceptors (Lipinski definition) is 4. The number of aromatic nitrogens is 2. The van der Waals surface area contributed by atoms with Gasteiger partial charge >= 0.3 is 0 Å². The Labute approximate surface area is 198 Å². The molecule has 0 bridgehead atoms. The van der Waals surface area contributed by atoms with Crippen molar-refractivity contribution in [3.8, 4) is 0 Å². The van der Waals surface area contributed by atoms with Crippen molar-refractivity contribution >= 4 is 38.4 Å². The molecule has 1 N–H and O–H groups in total. The Morgan fingerprint density at radius 2 is 1.67 bits per heavy atom. The van der Waals surface area contributed by atoms with Crippen molar-refractivity contribution in [1.29, 1.82) is 0 Å². The third kappa shape index (κ3) is 5.80. The molecule has 1 aromatic heterocycles. The molecule has 0 aliphatic carbocycles. The number of para-hydroxylation sites is 2. The van der Waals surface area contributed by atoms with Gasteiger partial charge in [0.2, 0.25) is 5.91 Å². The summed E-state index contributed by atoms with van der Waals surface area (Å²) >= 11 is 6.37. The van der Waals surface area contributed by atoms with Crippen molar-refractivity contribution in [2.45, 2.75) is 24.8 Å². The number of benzene rings is 3. The van der Waals surface area contributed by atoms with Crippen LogP contribution in [-0.4, -0.2) is 30.1 Å². The van der Waals surface area contributed by atoms with Crippen molar-refractivity contribution in [2.24, 2.45) is 0 Å². The Kier molecular flexibility index (Phi) is 6.81. The van der Waals surface area contributed by atoms with Gasteiger partial charge < -0.3 is 9.88 Å². The number of hydrogen-bond donors (Lipinski definition) is 1. The maximum Gasteiger partial charge on any atom is 0.240 e. The molecule has 1 atom stereocenters. The molecule has 170 valence electrons. The van der Waals surface area contributed by atoms with Crippen LogP contribution >= 0.6 is 11.6 Å². The van der Waals surface area contributed by atoms with E-state index in [-0.39, 0.29) is 24.2 Å². The van der Waals surface area contributed by atoms with E-state index in [0.29, 0.717) is 28.3 Å². The van der Waals surface area contributed by atoms with Gasteiger partial charge in [-0.3, -0.25) is 4.79 Å². The van der Waals surface area contributed by atoms with Gasteiger partial charge in [0.25, 0.3) is 0 Å². The number of carbonyl (C=O) groups excluding carboxylic acids is 1. The molecule has 1 heterocycles. The lowest BCUT2D eigenvalue weighted by Gasteiger charge is -2.21. The fraction of sp³-hybridized carbons (Fsp3) is 0.200. The van der Waals surface area contributed by atoms with Crippen LogP contribution in [0.3, 0.4) is 0 Å². The molecular formula is C25H24ClN3O3S. The first-order valence-corrected chi connectivity index (χ1v) is 12.9. The van der Waals surface area contributed by atoms with Crippen molar-refractivity contribution in [3.05, 3.63) is 101 Å². The Morgan fingerprint density at radius 3 is 2.39 bits per heavy atom. The minimum absolute atomic E-state index is 0.0444. The number of rotatable bonds is 8. The summed E-state index contributed by atoms with van der Waals surface area (Å²) in [6.45, 7) is -0.0444. The average Bonchev–Trinajstić information content (AvgIpc) is 3.10. The number of amides is 1. The molecule has 1 unspecified atom stereocenters. The lowest BCUT2D eigenvalue weighted by atomic mass is 9.98. The molecule has 8 heteroatoms. The quantitative estimate of drug-likeness (QED) is 0.406. The second-order valence-corrected chi connectivity index (χ2v) is 10.5. The second-order valence-electron chi connectivity index (χ2n) is 8.00. The Bertz CT molecular complexity index is 1380. The van der Waals surface area contributed by atoms with Crippen molar-refractivity contribution < 1.29 is 13.2 Å². The summed E-state index contributed by atoms with van der Waals surface area (Å²) in [6.07, 6.45) is 1.68. The molecule has 1 amide bonds. The molecule has 0 spiro atoms. The van der Waals surface area contributed by atoms with Gasteiger partial charge in [0.15, 0.2) is 9.84 Å². The Balaban J connectivity index is 1.62. The first-order chi connectivity index (χ1) is 15.8. The van der Waals surface area contributed by atoms with E-state index < -0.39 is 9.84 Å². The zero-order chi connectivity index (χ0) is 23.4. The molecule has 33 heavy (non-hydrogen) atoms. The smallest absolute Gasteiger partial charge is 0.240 e. The zero-order valence-corrected chi connectivity index (χ0v) is 19.7. The molecule has 0 aliphatic rings. The highest BCUT2D eigenvalue weighted by atomic mass is 35.5. The molecule has 0 radical (unpaired) electrons. The van der Waals surface area contributed by atoms with Gasteiger partial charge in [-0.2, -0.15) is 0 Å². The third-order valence-corrected chi connectivity index (χ3v) is 6.50. The minimum atomic E-state index is -3.32. The lowest BCUT2D eigenvalue weighted by molar-refractivity contribution is -0.122. The molecule has 4 rings (SSSR count). The van der Waals surface area contributed by atoms with E-state index in [9.17, 15) is 13.2 Å². The third-order valence-electron chi connectivity index (χ3n) is 5.35. The highest BCUT2D eigenvalue weighted by Gasteiger charge is 2.20. The van der Waals surface area contributed by atoms with Crippen molar-refractivity contribution in [3.63, 3.8) is 0 Å². The summed E-state index contributed by atoms with van der Waals surface area (Å²) in [6, 6.07) is 24.3. The molecule has 0 saturated heterocycles. The van der Waals surface area contributed by atoms with Gasteiger partial charge in [-0.05, 0) is 35.7 Å². The maximum atomic E-state index is 13.2. The molecule has 0 saturated carbocycles. The highest BCUT2D eigenvalue weighted by molar-refractivity contribution is 7.89. The number of halogens is 1. The second kappa shape index (κ2) is 9.77. The van der Waals surface area contributed by atoms with E-state index in [1.165, 1.54) is 0 Å². The first kappa shape index (κ1) is 23.0. The van der Waals surface area contributed by atoms with E-state index >= 15 is 0 Å². The molecule has 0 fully saturated rings. The number of nitrogens with one attached hydrogen (secondary N) is 1.